The maximum atomic E-state index is 12.4. The van der Waals surface area contributed by atoms with Crippen LogP contribution in [0.15, 0.2) is 36.7 Å². The first-order valence-corrected chi connectivity index (χ1v) is 10.3. The van der Waals surface area contributed by atoms with Gasteiger partial charge in [0.2, 0.25) is 0 Å². The first-order chi connectivity index (χ1) is 14.2. The molecule has 0 unspecified atom stereocenters. The second-order valence-electron chi connectivity index (χ2n) is 7.97. The molecule has 0 aliphatic carbocycles. The minimum atomic E-state index is -0.627. The molecule has 4 rings (SSSR count). The van der Waals surface area contributed by atoms with Gasteiger partial charge in [-0.25, -0.2) is 9.97 Å². The van der Waals surface area contributed by atoms with Crippen LogP contribution in [-0.2, 0) is 24.1 Å². The van der Waals surface area contributed by atoms with Gasteiger partial charge in [0.05, 0.1) is 19.3 Å². The standard InChI is InChI=1S/C22H28N4O3/c27-20(12-26-7-3-6-17-4-1-2-5-18(17)11-26)10-23-22(28)21-9-19(24-15-25-21)8-16-13-29-14-16/h1-2,4-5,9,15-16,20,27H,3,6-8,10-14H2,(H,23,28)/t20-/m0/s1. The molecule has 2 N–H and O–H groups in total. The summed E-state index contributed by atoms with van der Waals surface area (Å²) >= 11 is 0. The number of nitrogens with zero attached hydrogens (tertiary/aromatic N) is 3. The van der Waals surface area contributed by atoms with Crippen molar-refractivity contribution in [3.05, 3.63) is 59.2 Å². The lowest BCUT2D eigenvalue weighted by Gasteiger charge is -2.25. The van der Waals surface area contributed by atoms with Gasteiger partial charge in [0.15, 0.2) is 0 Å². The summed E-state index contributed by atoms with van der Waals surface area (Å²) in [6, 6.07) is 10.2. The van der Waals surface area contributed by atoms with Crippen LogP contribution in [0.4, 0.5) is 0 Å². The Labute approximate surface area is 171 Å². The van der Waals surface area contributed by atoms with Crippen LogP contribution in [0.1, 0.15) is 33.7 Å². The van der Waals surface area contributed by atoms with Crippen LogP contribution in [0.3, 0.4) is 0 Å². The molecule has 1 aromatic heterocycles. The van der Waals surface area contributed by atoms with E-state index in [0.717, 1.165) is 51.3 Å². The number of ether oxygens (including phenoxy) is 1. The van der Waals surface area contributed by atoms with Gasteiger partial charge in [-0.05, 0) is 43.0 Å². The van der Waals surface area contributed by atoms with Crippen LogP contribution < -0.4 is 5.32 Å². The van der Waals surface area contributed by atoms with Crippen molar-refractivity contribution in [2.24, 2.45) is 5.92 Å². The third-order valence-electron chi connectivity index (χ3n) is 5.56. The number of nitrogens with one attached hydrogen (secondary N) is 1. The lowest BCUT2D eigenvalue weighted by Crippen LogP contribution is -2.40. The predicted octanol–water partition coefficient (Wildman–Crippen LogP) is 1.20. The van der Waals surface area contributed by atoms with Crippen molar-refractivity contribution >= 4 is 5.91 Å². The minimum Gasteiger partial charge on any atom is -0.390 e. The molecule has 29 heavy (non-hydrogen) atoms. The smallest absolute Gasteiger partial charge is 0.270 e. The predicted molar refractivity (Wildman–Crippen MR) is 108 cm³/mol. The van der Waals surface area contributed by atoms with E-state index in [1.165, 1.54) is 17.5 Å². The van der Waals surface area contributed by atoms with Gasteiger partial charge in [-0.1, -0.05) is 24.3 Å². The lowest BCUT2D eigenvalue weighted by molar-refractivity contribution is -0.0316. The van der Waals surface area contributed by atoms with Gasteiger partial charge >= 0.3 is 0 Å². The van der Waals surface area contributed by atoms with Crippen LogP contribution in [0.25, 0.3) is 0 Å². The summed E-state index contributed by atoms with van der Waals surface area (Å²) in [6.07, 6.45) is 3.74. The molecular weight excluding hydrogens is 368 g/mol. The highest BCUT2D eigenvalue weighted by atomic mass is 16.5. The zero-order valence-electron chi connectivity index (χ0n) is 16.6. The van der Waals surface area contributed by atoms with E-state index in [2.05, 4.69) is 44.5 Å². The van der Waals surface area contributed by atoms with Crippen molar-refractivity contribution in [2.75, 3.05) is 32.8 Å². The number of hydrogen-bond donors (Lipinski definition) is 2. The summed E-state index contributed by atoms with van der Waals surface area (Å²) in [5, 5.41) is 13.2. The van der Waals surface area contributed by atoms with Crippen molar-refractivity contribution < 1.29 is 14.6 Å². The van der Waals surface area contributed by atoms with Gasteiger partial charge < -0.3 is 15.2 Å². The second kappa shape index (κ2) is 9.43. The highest BCUT2D eigenvalue weighted by Gasteiger charge is 2.21. The Bertz CT molecular complexity index is 840. The maximum absolute atomic E-state index is 12.4. The zero-order valence-corrected chi connectivity index (χ0v) is 16.6. The van der Waals surface area contributed by atoms with E-state index in [4.69, 9.17) is 4.74 Å². The maximum Gasteiger partial charge on any atom is 0.270 e. The van der Waals surface area contributed by atoms with E-state index in [0.29, 0.717) is 18.2 Å². The minimum absolute atomic E-state index is 0.201. The quantitative estimate of drug-likeness (QED) is 0.731. The second-order valence-corrected chi connectivity index (χ2v) is 7.97. The SMILES string of the molecule is O=C(NC[C@H](O)CN1CCCc2ccccc2C1)c1cc(CC2COC2)ncn1. The topological polar surface area (TPSA) is 87.6 Å². The zero-order chi connectivity index (χ0) is 20.1. The largest absolute Gasteiger partial charge is 0.390 e. The Kier molecular flexibility index (Phi) is 6.49. The van der Waals surface area contributed by atoms with Gasteiger partial charge in [-0.2, -0.15) is 0 Å². The van der Waals surface area contributed by atoms with Crippen molar-refractivity contribution in [1.29, 1.82) is 0 Å². The first-order valence-electron chi connectivity index (χ1n) is 10.3. The Morgan fingerprint density at radius 3 is 2.90 bits per heavy atom. The van der Waals surface area contributed by atoms with Crippen LogP contribution in [-0.4, -0.2) is 64.8 Å². The number of β-amino-alcohol motifs (C(OH)–C–C–N with tert-alkyl or cyclic N) is 1. The number of carbonyl (C=O) groups excluding carboxylic acids is 1. The molecule has 1 amide bonds. The molecule has 1 fully saturated rings. The Balaban J connectivity index is 1.26. The van der Waals surface area contributed by atoms with Crippen molar-refractivity contribution in [3.63, 3.8) is 0 Å². The molecule has 7 nitrogen and oxygen atoms in total. The number of amides is 1. The molecule has 0 saturated carbocycles. The van der Waals surface area contributed by atoms with Gasteiger partial charge in [0.25, 0.3) is 5.91 Å². The monoisotopic (exact) mass is 396 g/mol. The number of aryl methyl sites for hydroxylation is 1. The van der Waals surface area contributed by atoms with E-state index in [1.54, 1.807) is 6.07 Å². The summed E-state index contributed by atoms with van der Waals surface area (Å²) in [6.45, 7) is 4.01. The summed E-state index contributed by atoms with van der Waals surface area (Å²) in [5.74, 6) is 0.195. The lowest BCUT2D eigenvalue weighted by atomic mass is 10.0. The molecule has 7 heteroatoms. The highest BCUT2D eigenvalue weighted by Crippen LogP contribution is 2.18. The average molecular weight is 396 g/mol. The average Bonchev–Trinajstić information content (AvgIpc) is 2.91. The number of aliphatic hydroxyl groups is 1. The Morgan fingerprint density at radius 2 is 2.10 bits per heavy atom. The molecular formula is C22H28N4O3. The van der Waals surface area contributed by atoms with Gasteiger partial charge in [-0.3, -0.25) is 9.69 Å². The van der Waals surface area contributed by atoms with E-state index in [1.807, 2.05) is 0 Å². The van der Waals surface area contributed by atoms with Crippen LogP contribution >= 0.6 is 0 Å². The number of aromatic nitrogens is 2. The van der Waals surface area contributed by atoms with Crippen molar-refractivity contribution in [3.8, 4) is 0 Å². The molecule has 1 saturated heterocycles. The molecule has 0 radical (unpaired) electrons. The normalized spacial score (nSPS) is 18.4. The summed E-state index contributed by atoms with van der Waals surface area (Å²) in [7, 11) is 0. The fourth-order valence-corrected chi connectivity index (χ4v) is 3.92. The molecule has 0 spiro atoms. The number of benzene rings is 1. The fraction of sp³-hybridized carbons (Fsp3) is 0.500. The number of fused-ring (bicyclic) bond motifs is 1. The Hall–Kier alpha value is -2.35. The molecule has 1 aromatic carbocycles. The van der Waals surface area contributed by atoms with Crippen LogP contribution in [0.2, 0.25) is 0 Å². The van der Waals surface area contributed by atoms with E-state index >= 15 is 0 Å². The molecule has 1 atom stereocenters. The van der Waals surface area contributed by atoms with Gasteiger partial charge in [-0.15, -0.1) is 0 Å². The van der Waals surface area contributed by atoms with Crippen LogP contribution in [0.5, 0.6) is 0 Å². The van der Waals surface area contributed by atoms with Crippen molar-refractivity contribution in [2.45, 2.75) is 31.9 Å². The third kappa shape index (κ3) is 5.38. The summed E-state index contributed by atoms with van der Waals surface area (Å²) < 4.78 is 5.18. The molecule has 2 aromatic rings. The molecule has 0 bridgehead atoms. The van der Waals surface area contributed by atoms with E-state index in [9.17, 15) is 9.90 Å². The highest BCUT2D eigenvalue weighted by molar-refractivity contribution is 5.92. The molecule has 3 heterocycles. The number of hydrogen-bond acceptors (Lipinski definition) is 6. The number of aliphatic hydroxyl groups excluding tert-OH is 1. The summed E-state index contributed by atoms with van der Waals surface area (Å²) in [5.41, 5.74) is 3.91. The van der Waals surface area contributed by atoms with Gasteiger partial charge in [0, 0.05) is 31.2 Å². The summed E-state index contributed by atoms with van der Waals surface area (Å²) in [4.78, 5) is 23.0. The van der Waals surface area contributed by atoms with E-state index in [-0.39, 0.29) is 12.5 Å². The van der Waals surface area contributed by atoms with Crippen molar-refractivity contribution in [1.82, 2.24) is 20.2 Å². The van der Waals surface area contributed by atoms with E-state index < -0.39 is 6.10 Å². The van der Waals surface area contributed by atoms with Gasteiger partial charge in [0.1, 0.15) is 12.0 Å². The number of carbonyl (C=O) groups is 1. The first kappa shape index (κ1) is 19.9. The third-order valence-corrected chi connectivity index (χ3v) is 5.56. The molecule has 2 aliphatic rings. The number of rotatable bonds is 7. The van der Waals surface area contributed by atoms with Crippen LogP contribution in [0, 0.1) is 5.92 Å². The Morgan fingerprint density at radius 1 is 1.28 bits per heavy atom. The molecule has 154 valence electrons. The molecule has 2 aliphatic heterocycles. The fourth-order valence-electron chi connectivity index (χ4n) is 3.92.